The summed E-state index contributed by atoms with van der Waals surface area (Å²) in [6.45, 7) is 1.91. The maximum atomic E-state index is 5.51. The first kappa shape index (κ1) is 10.4. The number of nitrogens with zero attached hydrogens (tertiary/aromatic N) is 2. The van der Waals surface area contributed by atoms with E-state index in [1.165, 1.54) is 0 Å². The molecule has 0 fully saturated rings. The predicted molar refractivity (Wildman–Crippen MR) is 66.0 cm³/mol. The van der Waals surface area contributed by atoms with Crippen molar-refractivity contribution in [3.05, 3.63) is 45.8 Å². The van der Waals surface area contributed by atoms with E-state index in [0.717, 1.165) is 15.0 Å². The summed E-state index contributed by atoms with van der Waals surface area (Å²) in [5.41, 5.74) is 0.894. The van der Waals surface area contributed by atoms with Gasteiger partial charge in [-0.15, -0.1) is 0 Å². The molecule has 0 aliphatic heterocycles. The lowest BCUT2D eigenvalue weighted by Gasteiger charge is -2.03. The summed E-state index contributed by atoms with van der Waals surface area (Å²) in [6, 6.07) is 9.98. The molecule has 0 saturated carbocycles. The normalized spacial score (nSPS) is 10.0. The Morgan fingerprint density at radius 1 is 1.27 bits per heavy atom. The molecule has 1 aromatic carbocycles. The van der Waals surface area contributed by atoms with Crippen molar-refractivity contribution in [3.8, 4) is 11.8 Å². The van der Waals surface area contributed by atoms with Crippen LogP contribution in [0.5, 0.6) is 11.8 Å². The molecule has 0 unspecified atom stereocenters. The number of ether oxygens (including phenoxy) is 1. The van der Waals surface area contributed by atoms with Crippen LogP contribution in [0.2, 0.25) is 0 Å². The van der Waals surface area contributed by atoms with Crippen LogP contribution in [-0.4, -0.2) is 9.97 Å². The van der Waals surface area contributed by atoms with Gasteiger partial charge in [-0.2, -0.15) is 0 Å². The second-order valence-corrected chi connectivity index (χ2v) is 4.29. The maximum absolute atomic E-state index is 5.51. The fourth-order valence-electron chi connectivity index (χ4n) is 1.11. The smallest absolute Gasteiger partial charge is 0.322 e. The molecule has 0 amide bonds. The molecule has 0 saturated heterocycles. The van der Waals surface area contributed by atoms with Crippen molar-refractivity contribution in [1.82, 2.24) is 9.97 Å². The Morgan fingerprint density at radius 3 is 2.87 bits per heavy atom. The molecular formula is C11H9IN2O. The number of rotatable bonds is 2. The average molecular weight is 312 g/mol. The SMILES string of the molecule is Cc1ccnc(Oc2cccc(I)c2)n1. The fourth-order valence-corrected chi connectivity index (χ4v) is 1.63. The summed E-state index contributed by atoms with van der Waals surface area (Å²) in [4.78, 5) is 8.19. The third-order valence-electron chi connectivity index (χ3n) is 1.78. The van der Waals surface area contributed by atoms with Crippen LogP contribution in [-0.2, 0) is 0 Å². The fraction of sp³-hybridized carbons (Fsp3) is 0.0909. The number of aryl methyl sites for hydroxylation is 1. The van der Waals surface area contributed by atoms with Crippen LogP contribution >= 0.6 is 22.6 Å². The van der Waals surface area contributed by atoms with Gasteiger partial charge in [-0.1, -0.05) is 6.07 Å². The lowest BCUT2D eigenvalue weighted by Crippen LogP contribution is -1.92. The largest absolute Gasteiger partial charge is 0.424 e. The number of aromatic nitrogens is 2. The highest BCUT2D eigenvalue weighted by Crippen LogP contribution is 2.19. The molecule has 15 heavy (non-hydrogen) atoms. The van der Waals surface area contributed by atoms with Crippen molar-refractivity contribution in [1.29, 1.82) is 0 Å². The number of benzene rings is 1. The molecule has 2 rings (SSSR count). The topological polar surface area (TPSA) is 35.0 Å². The molecule has 0 bridgehead atoms. The highest BCUT2D eigenvalue weighted by Gasteiger charge is 2.00. The third kappa shape index (κ3) is 2.89. The molecule has 0 atom stereocenters. The van der Waals surface area contributed by atoms with Gasteiger partial charge in [-0.05, 0) is 53.8 Å². The van der Waals surface area contributed by atoms with Gasteiger partial charge >= 0.3 is 6.01 Å². The zero-order valence-corrected chi connectivity index (χ0v) is 10.3. The van der Waals surface area contributed by atoms with E-state index in [4.69, 9.17) is 4.74 Å². The molecule has 76 valence electrons. The van der Waals surface area contributed by atoms with Crippen LogP contribution in [0.1, 0.15) is 5.69 Å². The molecule has 3 nitrogen and oxygen atoms in total. The molecule has 2 aromatic rings. The van der Waals surface area contributed by atoms with Gasteiger partial charge in [0.25, 0.3) is 0 Å². The van der Waals surface area contributed by atoms with Crippen molar-refractivity contribution < 1.29 is 4.74 Å². The third-order valence-corrected chi connectivity index (χ3v) is 2.45. The summed E-state index contributed by atoms with van der Waals surface area (Å²) >= 11 is 2.23. The lowest BCUT2D eigenvalue weighted by molar-refractivity contribution is 0.440. The van der Waals surface area contributed by atoms with Crippen molar-refractivity contribution in [2.45, 2.75) is 6.92 Å². The monoisotopic (exact) mass is 312 g/mol. The van der Waals surface area contributed by atoms with E-state index < -0.39 is 0 Å². The van der Waals surface area contributed by atoms with E-state index in [0.29, 0.717) is 6.01 Å². The van der Waals surface area contributed by atoms with Gasteiger partial charge in [0.05, 0.1) is 0 Å². The zero-order chi connectivity index (χ0) is 10.7. The van der Waals surface area contributed by atoms with Crippen LogP contribution < -0.4 is 4.74 Å². The van der Waals surface area contributed by atoms with Gasteiger partial charge in [0.1, 0.15) is 5.75 Å². The van der Waals surface area contributed by atoms with Crippen LogP contribution in [0.25, 0.3) is 0 Å². The van der Waals surface area contributed by atoms with E-state index >= 15 is 0 Å². The maximum Gasteiger partial charge on any atom is 0.322 e. The first-order valence-electron chi connectivity index (χ1n) is 4.47. The average Bonchev–Trinajstić information content (AvgIpc) is 2.17. The van der Waals surface area contributed by atoms with E-state index in [-0.39, 0.29) is 0 Å². The van der Waals surface area contributed by atoms with Crippen LogP contribution in [0.4, 0.5) is 0 Å². The predicted octanol–water partition coefficient (Wildman–Crippen LogP) is 3.18. The summed E-state index contributed by atoms with van der Waals surface area (Å²) in [7, 11) is 0. The molecular weight excluding hydrogens is 303 g/mol. The zero-order valence-electron chi connectivity index (χ0n) is 8.14. The summed E-state index contributed by atoms with van der Waals surface area (Å²) in [6.07, 6.45) is 1.69. The number of hydrogen-bond acceptors (Lipinski definition) is 3. The van der Waals surface area contributed by atoms with Crippen molar-refractivity contribution in [2.75, 3.05) is 0 Å². The quantitative estimate of drug-likeness (QED) is 0.799. The molecule has 1 heterocycles. The van der Waals surface area contributed by atoms with E-state index in [1.54, 1.807) is 6.20 Å². The Morgan fingerprint density at radius 2 is 2.13 bits per heavy atom. The molecule has 0 aliphatic rings. The Kier molecular flexibility index (Phi) is 3.15. The molecule has 0 N–H and O–H groups in total. The molecule has 0 radical (unpaired) electrons. The van der Waals surface area contributed by atoms with Crippen LogP contribution in [0, 0.1) is 10.5 Å². The van der Waals surface area contributed by atoms with Crippen LogP contribution in [0.3, 0.4) is 0 Å². The van der Waals surface area contributed by atoms with E-state index in [9.17, 15) is 0 Å². The second kappa shape index (κ2) is 4.57. The van der Waals surface area contributed by atoms with Gasteiger partial charge in [0.15, 0.2) is 0 Å². The van der Waals surface area contributed by atoms with Crippen molar-refractivity contribution in [2.24, 2.45) is 0 Å². The Balaban J connectivity index is 2.22. The highest BCUT2D eigenvalue weighted by atomic mass is 127. The first-order chi connectivity index (χ1) is 7.24. The second-order valence-electron chi connectivity index (χ2n) is 3.04. The molecule has 0 spiro atoms. The Labute approximate surface area is 102 Å². The summed E-state index contributed by atoms with van der Waals surface area (Å²) < 4.78 is 6.64. The van der Waals surface area contributed by atoms with Gasteiger partial charge in [0, 0.05) is 15.5 Å². The van der Waals surface area contributed by atoms with Gasteiger partial charge in [-0.3, -0.25) is 0 Å². The molecule has 0 aliphatic carbocycles. The lowest BCUT2D eigenvalue weighted by atomic mass is 10.3. The minimum atomic E-state index is 0.386. The number of halogens is 1. The van der Waals surface area contributed by atoms with E-state index in [2.05, 4.69) is 32.6 Å². The summed E-state index contributed by atoms with van der Waals surface area (Å²) in [5, 5.41) is 0. The Bertz CT molecular complexity index is 430. The molecule has 4 heteroatoms. The molecule has 1 aromatic heterocycles. The van der Waals surface area contributed by atoms with Crippen molar-refractivity contribution >= 4 is 22.6 Å². The van der Waals surface area contributed by atoms with Crippen molar-refractivity contribution in [3.63, 3.8) is 0 Å². The van der Waals surface area contributed by atoms with Gasteiger partial charge in [-0.25, -0.2) is 9.97 Å². The Hall–Kier alpha value is -1.17. The van der Waals surface area contributed by atoms with Crippen LogP contribution in [0.15, 0.2) is 36.5 Å². The van der Waals surface area contributed by atoms with E-state index in [1.807, 2.05) is 37.3 Å². The minimum absolute atomic E-state index is 0.386. The van der Waals surface area contributed by atoms with Gasteiger partial charge in [0.2, 0.25) is 0 Å². The standard InChI is InChI=1S/C11H9IN2O/c1-8-5-6-13-11(14-8)15-10-4-2-3-9(12)7-10/h2-7H,1H3. The summed E-state index contributed by atoms with van der Waals surface area (Å²) in [5.74, 6) is 0.757. The minimum Gasteiger partial charge on any atom is -0.424 e. The number of hydrogen-bond donors (Lipinski definition) is 0. The first-order valence-corrected chi connectivity index (χ1v) is 5.55. The van der Waals surface area contributed by atoms with Gasteiger partial charge < -0.3 is 4.74 Å². The highest BCUT2D eigenvalue weighted by molar-refractivity contribution is 14.1.